The molecule has 1 aromatic carbocycles. The molecule has 0 aliphatic carbocycles. The summed E-state index contributed by atoms with van der Waals surface area (Å²) in [5.74, 6) is -0.105. The van der Waals surface area contributed by atoms with Crippen LogP contribution in [0.5, 0.6) is 0 Å². The molecule has 0 radical (unpaired) electrons. The van der Waals surface area contributed by atoms with Gasteiger partial charge in [0.25, 0.3) is 0 Å². The standard InChI is InChI=1S/C14H20FNO3S/c1-14(19-3,10-18-2)9-16-13(17)8-20-12-6-4-11(15)5-7-12/h4-7H,8-10H2,1-3H3,(H,16,17). The van der Waals surface area contributed by atoms with Crippen LogP contribution in [0, 0.1) is 5.82 Å². The Balaban J connectivity index is 2.35. The minimum atomic E-state index is -0.537. The number of ether oxygens (including phenoxy) is 2. The van der Waals surface area contributed by atoms with Crippen molar-refractivity contribution in [2.75, 3.05) is 33.1 Å². The molecule has 0 saturated heterocycles. The number of hydrogen-bond donors (Lipinski definition) is 1. The zero-order valence-corrected chi connectivity index (χ0v) is 12.8. The maximum Gasteiger partial charge on any atom is 0.230 e. The van der Waals surface area contributed by atoms with Crippen molar-refractivity contribution in [1.82, 2.24) is 5.32 Å². The van der Waals surface area contributed by atoms with Gasteiger partial charge in [0, 0.05) is 25.7 Å². The van der Waals surface area contributed by atoms with Crippen LogP contribution in [0.15, 0.2) is 29.2 Å². The van der Waals surface area contributed by atoms with E-state index < -0.39 is 5.60 Å². The highest BCUT2D eigenvalue weighted by molar-refractivity contribution is 8.00. The molecule has 1 amide bonds. The molecule has 1 atom stereocenters. The van der Waals surface area contributed by atoms with Crippen LogP contribution in [-0.2, 0) is 14.3 Å². The van der Waals surface area contributed by atoms with E-state index in [1.807, 2.05) is 6.92 Å². The van der Waals surface area contributed by atoms with Crippen LogP contribution in [0.25, 0.3) is 0 Å². The third-order valence-corrected chi connectivity index (χ3v) is 3.80. The van der Waals surface area contributed by atoms with Crippen molar-refractivity contribution in [2.45, 2.75) is 17.4 Å². The summed E-state index contributed by atoms with van der Waals surface area (Å²) in [6, 6.07) is 6.05. The normalized spacial score (nSPS) is 13.8. The first-order chi connectivity index (χ1) is 9.49. The molecule has 4 nitrogen and oxygen atoms in total. The maximum atomic E-state index is 12.7. The molecule has 0 heterocycles. The number of carbonyl (C=O) groups is 1. The lowest BCUT2D eigenvalue weighted by Crippen LogP contribution is -2.45. The molecule has 0 bridgehead atoms. The van der Waals surface area contributed by atoms with Gasteiger partial charge in [-0.2, -0.15) is 0 Å². The molecule has 20 heavy (non-hydrogen) atoms. The average Bonchev–Trinajstić information content (AvgIpc) is 2.45. The number of halogens is 1. The smallest absolute Gasteiger partial charge is 0.230 e. The van der Waals surface area contributed by atoms with Crippen LogP contribution in [0.4, 0.5) is 4.39 Å². The molecule has 0 fully saturated rings. The van der Waals surface area contributed by atoms with E-state index in [0.717, 1.165) is 4.90 Å². The van der Waals surface area contributed by atoms with E-state index in [1.54, 1.807) is 26.4 Å². The van der Waals surface area contributed by atoms with E-state index >= 15 is 0 Å². The minimum Gasteiger partial charge on any atom is -0.382 e. The maximum absolute atomic E-state index is 12.7. The number of amides is 1. The molecule has 0 aliphatic heterocycles. The fourth-order valence-corrected chi connectivity index (χ4v) is 2.23. The SMILES string of the molecule is COCC(C)(CNC(=O)CSc1ccc(F)cc1)OC. The number of rotatable bonds is 8. The third kappa shape index (κ3) is 5.90. The fourth-order valence-electron chi connectivity index (χ4n) is 1.50. The van der Waals surface area contributed by atoms with Crippen LogP contribution >= 0.6 is 11.8 Å². The molecule has 0 aliphatic rings. The Labute approximate surface area is 123 Å². The van der Waals surface area contributed by atoms with Crippen molar-refractivity contribution in [2.24, 2.45) is 0 Å². The topological polar surface area (TPSA) is 47.6 Å². The van der Waals surface area contributed by atoms with Gasteiger partial charge in [0.05, 0.1) is 12.4 Å². The quantitative estimate of drug-likeness (QED) is 0.747. The first-order valence-corrected chi connectivity index (χ1v) is 7.17. The molecular weight excluding hydrogens is 281 g/mol. The van der Waals surface area contributed by atoms with Crippen LogP contribution in [-0.4, -0.2) is 44.6 Å². The Hall–Kier alpha value is -1.11. The molecule has 0 aromatic heterocycles. The van der Waals surface area contributed by atoms with Gasteiger partial charge in [-0.25, -0.2) is 4.39 Å². The Kier molecular flexibility index (Phi) is 6.98. The van der Waals surface area contributed by atoms with Crippen LogP contribution < -0.4 is 5.32 Å². The summed E-state index contributed by atoms with van der Waals surface area (Å²) in [6.45, 7) is 2.64. The second-order valence-electron chi connectivity index (χ2n) is 4.61. The lowest BCUT2D eigenvalue weighted by molar-refractivity contribution is -0.120. The lowest BCUT2D eigenvalue weighted by Gasteiger charge is -2.27. The van der Waals surface area contributed by atoms with Gasteiger partial charge in [-0.05, 0) is 31.2 Å². The summed E-state index contributed by atoms with van der Waals surface area (Å²) >= 11 is 1.36. The number of nitrogens with one attached hydrogen (secondary N) is 1. The van der Waals surface area contributed by atoms with Gasteiger partial charge in [-0.15, -0.1) is 11.8 Å². The predicted octanol–water partition coefficient (Wildman–Crippen LogP) is 2.09. The minimum absolute atomic E-state index is 0.0984. The second-order valence-corrected chi connectivity index (χ2v) is 5.66. The number of thioether (sulfide) groups is 1. The summed E-state index contributed by atoms with van der Waals surface area (Å²) in [5.41, 5.74) is -0.537. The Morgan fingerprint density at radius 2 is 2.00 bits per heavy atom. The second kappa shape index (κ2) is 8.24. The summed E-state index contributed by atoms with van der Waals surface area (Å²) in [7, 11) is 3.17. The third-order valence-electron chi connectivity index (χ3n) is 2.79. The number of hydrogen-bond acceptors (Lipinski definition) is 4. The molecule has 112 valence electrons. The summed E-state index contributed by atoms with van der Waals surface area (Å²) in [6.07, 6.45) is 0. The van der Waals surface area contributed by atoms with Gasteiger partial charge in [0.1, 0.15) is 11.4 Å². The largest absolute Gasteiger partial charge is 0.382 e. The van der Waals surface area contributed by atoms with E-state index in [4.69, 9.17) is 9.47 Å². The molecule has 1 N–H and O–H groups in total. The molecule has 1 aromatic rings. The van der Waals surface area contributed by atoms with Gasteiger partial charge in [0.15, 0.2) is 0 Å². The zero-order valence-electron chi connectivity index (χ0n) is 11.9. The van der Waals surface area contributed by atoms with Crippen LogP contribution in [0.2, 0.25) is 0 Å². The van der Waals surface area contributed by atoms with Gasteiger partial charge >= 0.3 is 0 Å². The van der Waals surface area contributed by atoms with Crippen molar-refractivity contribution in [3.05, 3.63) is 30.1 Å². The number of carbonyl (C=O) groups excluding carboxylic acids is 1. The van der Waals surface area contributed by atoms with Crippen molar-refractivity contribution in [3.8, 4) is 0 Å². The highest BCUT2D eigenvalue weighted by Crippen LogP contribution is 2.17. The number of benzene rings is 1. The van der Waals surface area contributed by atoms with E-state index in [9.17, 15) is 9.18 Å². The zero-order chi connectivity index (χ0) is 15.0. The molecule has 1 rings (SSSR count). The average molecular weight is 301 g/mol. The molecule has 1 unspecified atom stereocenters. The van der Waals surface area contributed by atoms with E-state index in [0.29, 0.717) is 13.2 Å². The lowest BCUT2D eigenvalue weighted by atomic mass is 10.1. The predicted molar refractivity (Wildman–Crippen MR) is 77.4 cm³/mol. The Bertz CT molecular complexity index is 427. The highest BCUT2D eigenvalue weighted by atomic mass is 32.2. The summed E-state index contributed by atoms with van der Waals surface area (Å²) in [5, 5.41) is 2.80. The van der Waals surface area contributed by atoms with Crippen molar-refractivity contribution >= 4 is 17.7 Å². The highest BCUT2D eigenvalue weighted by Gasteiger charge is 2.24. The van der Waals surface area contributed by atoms with E-state index in [1.165, 1.54) is 23.9 Å². The van der Waals surface area contributed by atoms with Crippen LogP contribution in [0.1, 0.15) is 6.92 Å². The first kappa shape index (κ1) is 16.9. The van der Waals surface area contributed by atoms with Crippen molar-refractivity contribution in [1.29, 1.82) is 0 Å². The van der Waals surface area contributed by atoms with E-state index in [2.05, 4.69) is 5.32 Å². The van der Waals surface area contributed by atoms with Gasteiger partial charge in [0.2, 0.25) is 5.91 Å². The molecule has 0 saturated carbocycles. The van der Waals surface area contributed by atoms with Crippen molar-refractivity contribution in [3.63, 3.8) is 0 Å². The van der Waals surface area contributed by atoms with Crippen LogP contribution in [0.3, 0.4) is 0 Å². The Morgan fingerprint density at radius 1 is 1.35 bits per heavy atom. The summed E-state index contributed by atoms with van der Waals surface area (Å²) in [4.78, 5) is 12.6. The number of methoxy groups -OCH3 is 2. The molecule has 6 heteroatoms. The van der Waals surface area contributed by atoms with Gasteiger partial charge in [-0.1, -0.05) is 0 Å². The van der Waals surface area contributed by atoms with E-state index in [-0.39, 0.29) is 17.5 Å². The fraction of sp³-hybridized carbons (Fsp3) is 0.500. The first-order valence-electron chi connectivity index (χ1n) is 6.18. The molecule has 0 spiro atoms. The summed E-state index contributed by atoms with van der Waals surface area (Å²) < 4.78 is 23.1. The van der Waals surface area contributed by atoms with Crippen molar-refractivity contribution < 1.29 is 18.7 Å². The van der Waals surface area contributed by atoms with Gasteiger partial charge in [-0.3, -0.25) is 4.79 Å². The molecular formula is C14H20FNO3S. The monoisotopic (exact) mass is 301 g/mol. The Morgan fingerprint density at radius 3 is 2.55 bits per heavy atom. The van der Waals surface area contributed by atoms with Gasteiger partial charge < -0.3 is 14.8 Å².